The van der Waals surface area contributed by atoms with Crippen molar-refractivity contribution in [2.45, 2.75) is 13.2 Å². The van der Waals surface area contributed by atoms with E-state index in [0.717, 1.165) is 22.7 Å². The van der Waals surface area contributed by atoms with Gasteiger partial charge < -0.3 is 14.2 Å². The van der Waals surface area contributed by atoms with E-state index < -0.39 is 0 Å². The molecule has 96 valence electrons. The van der Waals surface area contributed by atoms with Gasteiger partial charge in [0.05, 0.1) is 12.3 Å². The highest BCUT2D eigenvalue weighted by Crippen LogP contribution is 2.14. The minimum Gasteiger partial charge on any atom is -0.487 e. The van der Waals surface area contributed by atoms with Crippen LogP contribution in [0.1, 0.15) is 11.3 Å². The lowest BCUT2D eigenvalue weighted by Crippen LogP contribution is -1.95. The van der Waals surface area contributed by atoms with Gasteiger partial charge in [-0.3, -0.25) is 0 Å². The summed E-state index contributed by atoms with van der Waals surface area (Å²) >= 11 is 0. The van der Waals surface area contributed by atoms with Crippen LogP contribution in [-0.2, 0) is 13.2 Å². The van der Waals surface area contributed by atoms with Crippen molar-refractivity contribution in [2.75, 3.05) is 0 Å². The molecule has 0 aliphatic rings. The van der Waals surface area contributed by atoms with Crippen LogP contribution in [0.5, 0.6) is 5.75 Å². The second-order valence-corrected chi connectivity index (χ2v) is 4.29. The van der Waals surface area contributed by atoms with Gasteiger partial charge in [0.25, 0.3) is 0 Å². The Morgan fingerprint density at radius 2 is 1.95 bits per heavy atom. The van der Waals surface area contributed by atoms with E-state index in [-0.39, 0.29) is 6.61 Å². The van der Waals surface area contributed by atoms with Crippen LogP contribution in [0, 0.1) is 0 Å². The summed E-state index contributed by atoms with van der Waals surface area (Å²) in [5.74, 6) is 0.772. The third kappa shape index (κ3) is 2.58. The van der Waals surface area contributed by atoms with Gasteiger partial charge in [0, 0.05) is 12.4 Å². The van der Waals surface area contributed by atoms with Crippen LogP contribution in [0.25, 0.3) is 5.65 Å². The van der Waals surface area contributed by atoms with Crippen molar-refractivity contribution in [3.05, 3.63) is 66.1 Å². The molecule has 0 amide bonds. The van der Waals surface area contributed by atoms with Gasteiger partial charge in [-0.05, 0) is 29.8 Å². The van der Waals surface area contributed by atoms with Crippen LogP contribution in [0.15, 0.2) is 54.9 Å². The van der Waals surface area contributed by atoms with Crippen molar-refractivity contribution in [3.8, 4) is 5.75 Å². The van der Waals surface area contributed by atoms with Gasteiger partial charge in [0.15, 0.2) is 0 Å². The zero-order valence-corrected chi connectivity index (χ0v) is 10.4. The Labute approximate surface area is 110 Å². The summed E-state index contributed by atoms with van der Waals surface area (Å²) in [5, 5.41) is 8.96. The lowest BCUT2D eigenvalue weighted by atomic mass is 10.2. The topological polar surface area (TPSA) is 46.8 Å². The van der Waals surface area contributed by atoms with Crippen molar-refractivity contribution < 1.29 is 9.84 Å². The molecule has 0 bridgehead atoms. The summed E-state index contributed by atoms with van der Waals surface area (Å²) in [5.41, 5.74) is 2.68. The number of benzene rings is 1. The summed E-state index contributed by atoms with van der Waals surface area (Å²) in [7, 11) is 0. The van der Waals surface area contributed by atoms with Gasteiger partial charge in [-0.1, -0.05) is 18.2 Å². The Balaban J connectivity index is 1.70. The Morgan fingerprint density at radius 3 is 2.68 bits per heavy atom. The number of pyridine rings is 1. The predicted molar refractivity (Wildman–Crippen MR) is 71.9 cm³/mol. The number of nitrogens with zero attached hydrogens (tertiary/aromatic N) is 2. The summed E-state index contributed by atoms with van der Waals surface area (Å²) in [6, 6.07) is 13.3. The maximum Gasteiger partial charge on any atom is 0.137 e. The highest BCUT2D eigenvalue weighted by atomic mass is 16.5. The lowest BCUT2D eigenvalue weighted by Gasteiger charge is -2.04. The minimum atomic E-state index is 0.0483. The van der Waals surface area contributed by atoms with Crippen LogP contribution in [-0.4, -0.2) is 14.5 Å². The Kier molecular flexibility index (Phi) is 3.16. The van der Waals surface area contributed by atoms with Gasteiger partial charge in [0.1, 0.15) is 18.0 Å². The van der Waals surface area contributed by atoms with Crippen molar-refractivity contribution in [3.63, 3.8) is 0 Å². The zero-order valence-electron chi connectivity index (χ0n) is 10.4. The van der Waals surface area contributed by atoms with Gasteiger partial charge in [-0.25, -0.2) is 4.98 Å². The average Bonchev–Trinajstić information content (AvgIpc) is 2.88. The molecule has 0 atom stereocenters. The Hall–Kier alpha value is -2.33. The molecule has 0 saturated heterocycles. The minimum absolute atomic E-state index is 0.0483. The van der Waals surface area contributed by atoms with E-state index in [1.165, 1.54) is 0 Å². The molecule has 0 unspecified atom stereocenters. The van der Waals surface area contributed by atoms with Crippen molar-refractivity contribution in [2.24, 2.45) is 0 Å². The molecule has 2 aromatic heterocycles. The van der Waals surface area contributed by atoms with E-state index in [2.05, 4.69) is 4.98 Å². The van der Waals surface area contributed by atoms with E-state index >= 15 is 0 Å². The molecule has 0 aliphatic heterocycles. The quantitative estimate of drug-likeness (QED) is 0.777. The molecule has 0 saturated carbocycles. The third-order valence-corrected chi connectivity index (χ3v) is 2.91. The third-order valence-electron chi connectivity index (χ3n) is 2.91. The number of aromatic nitrogens is 2. The first-order valence-corrected chi connectivity index (χ1v) is 6.10. The number of hydrogen-bond donors (Lipinski definition) is 1. The SMILES string of the molecule is OCc1ccc(OCc2cn3ccccc3n2)cc1. The maximum atomic E-state index is 8.96. The van der Waals surface area contributed by atoms with Gasteiger partial charge >= 0.3 is 0 Å². The first-order chi connectivity index (χ1) is 9.35. The largest absolute Gasteiger partial charge is 0.487 e. The number of imidazole rings is 1. The van der Waals surface area contributed by atoms with Crippen molar-refractivity contribution >= 4 is 5.65 Å². The first kappa shape index (κ1) is 11.7. The number of aliphatic hydroxyl groups excluding tert-OH is 1. The molecule has 3 rings (SSSR count). The second-order valence-electron chi connectivity index (χ2n) is 4.29. The predicted octanol–water partition coefficient (Wildman–Crippen LogP) is 2.41. The number of rotatable bonds is 4. The molecule has 4 nitrogen and oxygen atoms in total. The van der Waals surface area contributed by atoms with E-state index in [9.17, 15) is 0 Å². The van der Waals surface area contributed by atoms with E-state index in [1.54, 1.807) is 0 Å². The molecular formula is C15H14N2O2. The molecule has 4 heteroatoms. The molecule has 2 heterocycles. The fourth-order valence-electron chi connectivity index (χ4n) is 1.91. The fourth-order valence-corrected chi connectivity index (χ4v) is 1.91. The Morgan fingerprint density at radius 1 is 1.11 bits per heavy atom. The number of aliphatic hydroxyl groups is 1. The van der Waals surface area contributed by atoms with Gasteiger partial charge in [0.2, 0.25) is 0 Å². The fraction of sp³-hybridized carbons (Fsp3) is 0.133. The molecule has 19 heavy (non-hydrogen) atoms. The van der Waals surface area contributed by atoms with Crippen LogP contribution < -0.4 is 4.74 Å². The van der Waals surface area contributed by atoms with Crippen LogP contribution in [0.4, 0.5) is 0 Å². The summed E-state index contributed by atoms with van der Waals surface area (Å²) in [6.07, 6.45) is 3.92. The van der Waals surface area contributed by atoms with Crippen molar-refractivity contribution in [1.82, 2.24) is 9.38 Å². The first-order valence-electron chi connectivity index (χ1n) is 6.10. The summed E-state index contributed by atoms with van der Waals surface area (Å²) < 4.78 is 7.63. The summed E-state index contributed by atoms with van der Waals surface area (Å²) in [6.45, 7) is 0.479. The molecule has 1 aromatic carbocycles. The smallest absolute Gasteiger partial charge is 0.137 e. The summed E-state index contributed by atoms with van der Waals surface area (Å²) in [4.78, 5) is 4.46. The van der Waals surface area contributed by atoms with Crippen LogP contribution >= 0.6 is 0 Å². The zero-order chi connectivity index (χ0) is 13.1. The highest BCUT2D eigenvalue weighted by molar-refractivity contribution is 5.39. The number of ether oxygens (including phenoxy) is 1. The van der Waals surface area contributed by atoms with Gasteiger partial charge in [-0.15, -0.1) is 0 Å². The normalized spacial score (nSPS) is 10.8. The Bertz CT molecular complexity index is 641. The van der Waals surface area contributed by atoms with E-state index in [4.69, 9.17) is 9.84 Å². The van der Waals surface area contributed by atoms with Crippen LogP contribution in [0.2, 0.25) is 0 Å². The maximum absolute atomic E-state index is 8.96. The molecule has 0 spiro atoms. The van der Waals surface area contributed by atoms with Crippen molar-refractivity contribution in [1.29, 1.82) is 0 Å². The average molecular weight is 254 g/mol. The van der Waals surface area contributed by atoms with E-state index in [0.29, 0.717) is 6.61 Å². The molecule has 3 aromatic rings. The highest BCUT2D eigenvalue weighted by Gasteiger charge is 2.02. The standard InChI is InChI=1S/C15H14N2O2/c18-10-12-4-6-14(7-5-12)19-11-13-9-17-8-2-1-3-15(17)16-13/h1-9,18H,10-11H2. The monoisotopic (exact) mass is 254 g/mol. The molecule has 0 aliphatic carbocycles. The van der Waals surface area contributed by atoms with Gasteiger partial charge in [-0.2, -0.15) is 0 Å². The molecular weight excluding hydrogens is 240 g/mol. The number of fused-ring (bicyclic) bond motifs is 1. The second kappa shape index (κ2) is 5.12. The molecule has 1 N–H and O–H groups in total. The molecule has 0 radical (unpaired) electrons. The lowest BCUT2D eigenvalue weighted by molar-refractivity contribution is 0.280. The number of hydrogen-bond acceptors (Lipinski definition) is 3. The molecule has 0 fully saturated rings. The van der Waals surface area contributed by atoms with Crippen LogP contribution in [0.3, 0.4) is 0 Å². The van der Waals surface area contributed by atoms with E-state index in [1.807, 2.05) is 59.3 Å².